The van der Waals surface area contributed by atoms with Crippen molar-refractivity contribution in [2.24, 2.45) is 0 Å². The summed E-state index contributed by atoms with van der Waals surface area (Å²) in [6.07, 6.45) is 3.11. The molecule has 0 aliphatic rings. The van der Waals surface area contributed by atoms with E-state index in [4.69, 9.17) is 0 Å². The van der Waals surface area contributed by atoms with Crippen LogP contribution in [0, 0.1) is 13.8 Å². The number of aromatic amines is 2. The van der Waals surface area contributed by atoms with E-state index in [1.54, 1.807) is 6.20 Å². The van der Waals surface area contributed by atoms with Crippen molar-refractivity contribution < 1.29 is 0 Å². The van der Waals surface area contributed by atoms with Crippen molar-refractivity contribution in [3.05, 3.63) is 45.8 Å². The van der Waals surface area contributed by atoms with Gasteiger partial charge in [-0.25, -0.2) is 9.97 Å². The maximum absolute atomic E-state index is 11.9. The zero-order valence-electron chi connectivity index (χ0n) is 11.2. The molecule has 3 aromatic rings. The summed E-state index contributed by atoms with van der Waals surface area (Å²) in [5.74, 6) is 0.656. The summed E-state index contributed by atoms with van der Waals surface area (Å²) >= 11 is 0. The number of hydrogen-bond acceptors (Lipinski definition) is 5. The first kappa shape index (κ1) is 12.3. The second-order valence-electron chi connectivity index (χ2n) is 4.65. The van der Waals surface area contributed by atoms with Crippen LogP contribution in [0.15, 0.2) is 23.4 Å². The van der Waals surface area contributed by atoms with Crippen LogP contribution in [-0.4, -0.2) is 25.1 Å². The van der Waals surface area contributed by atoms with Crippen molar-refractivity contribution in [3.8, 4) is 0 Å². The van der Waals surface area contributed by atoms with Crippen LogP contribution in [0.25, 0.3) is 11.0 Å². The summed E-state index contributed by atoms with van der Waals surface area (Å²) in [5, 5.41) is 10.7. The number of aryl methyl sites for hydroxylation is 2. The van der Waals surface area contributed by atoms with Gasteiger partial charge in [0, 0.05) is 17.8 Å². The number of fused-ring (bicyclic) bond motifs is 1. The standard InChI is InChI=1S/C13H14N6O/c1-7-3-8(2)18-13(20)9(7)4-14-11-10-5-17-19-12(10)16-6-15-11/h3,5-6H,4H2,1-2H3,(H,18,20)(H2,14,15,16,17,19). The average Bonchev–Trinajstić information content (AvgIpc) is 2.86. The molecule has 0 amide bonds. The molecular weight excluding hydrogens is 256 g/mol. The van der Waals surface area contributed by atoms with Gasteiger partial charge in [0.2, 0.25) is 0 Å². The fourth-order valence-electron chi connectivity index (χ4n) is 2.18. The highest BCUT2D eigenvalue weighted by Gasteiger charge is 2.08. The highest BCUT2D eigenvalue weighted by molar-refractivity contribution is 5.85. The Bertz CT molecular complexity index is 819. The SMILES string of the molecule is Cc1cc(C)c(CNc2ncnc3[nH]ncc23)c(=O)[nH]1. The molecule has 0 radical (unpaired) electrons. The summed E-state index contributed by atoms with van der Waals surface area (Å²) in [6, 6.07) is 1.95. The molecule has 0 saturated heterocycles. The first-order valence-corrected chi connectivity index (χ1v) is 6.22. The second kappa shape index (κ2) is 4.76. The van der Waals surface area contributed by atoms with Gasteiger partial charge in [-0.05, 0) is 25.5 Å². The van der Waals surface area contributed by atoms with Crippen molar-refractivity contribution in [1.82, 2.24) is 25.1 Å². The van der Waals surface area contributed by atoms with Gasteiger partial charge >= 0.3 is 0 Å². The molecule has 0 bridgehead atoms. The van der Waals surface area contributed by atoms with Crippen LogP contribution in [-0.2, 0) is 6.54 Å². The molecule has 0 spiro atoms. The van der Waals surface area contributed by atoms with Crippen molar-refractivity contribution in [1.29, 1.82) is 0 Å². The Morgan fingerprint density at radius 1 is 1.30 bits per heavy atom. The lowest BCUT2D eigenvalue weighted by molar-refractivity contribution is 1.00. The summed E-state index contributed by atoms with van der Waals surface area (Å²) in [4.78, 5) is 23.0. The molecule has 0 saturated carbocycles. The van der Waals surface area contributed by atoms with Gasteiger partial charge in [0.15, 0.2) is 5.65 Å². The van der Waals surface area contributed by atoms with Crippen LogP contribution >= 0.6 is 0 Å². The molecular formula is C13H14N6O. The van der Waals surface area contributed by atoms with Gasteiger partial charge in [-0.2, -0.15) is 5.10 Å². The Hall–Kier alpha value is -2.70. The van der Waals surface area contributed by atoms with Crippen molar-refractivity contribution in [2.75, 3.05) is 5.32 Å². The third-order valence-corrected chi connectivity index (χ3v) is 3.17. The van der Waals surface area contributed by atoms with Gasteiger partial charge in [0.1, 0.15) is 12.1 Å². The van der Waals surface area contributed by atoms with E-state index in [2.05, 4.69) is 30.5 Å². The fraction of sp³-hybridized carbons (Fsp3) is 0.231. The Labute approximate surface area is 114 Å². The van der Waals surface area contributed by atoms with Crippen molar-refractivity contribution >= 4 is 16.9 Å². The smallest absolute Gasteiger partial charge is 0.253 e. The van der Waals surface area contributed by atoms with Gasteiger partial charge in [-0.3, -0.25) is 9.89 Å². The van der Waals surface area contributed by atoms with Crippen LogP contribution in [0.4, 0.5) is 5.82 Å². The van der Waals surface area contributed by atoms with Crippen molar-refractivity contribution in [2.45, 2.75) is 20.4 Å². The predicted molar refractivity (Wildman–Crippen MR) is 75.5 cm³/mol. The molecule has 0 aromatic carbocycles. The molecule has 7 nitrogen and oxygen atoms in total. The first-order chi connectivity index (χ1) is 9.65. The van der Waals surface area contributed by atoms with Gasteiger partial charge in [0.05, 0.1) is 11.6 Å². The van der Waals surface area contributed by atoms with Crippen molar-refractivity contribution in [3.63, 3.8) is 0 Å². The highest BCUT2D eigenvalue weighted by atomic mass is 16.1. The van der Waals surface area contributed by atoms with Crippen LogP contribution < -0.4 is 10.9 Å². The minimum atomic E-state index is -0.0764. The fourth-order valence-corrected chi connectivity index (χ4v) is 2.18. The maximum Gasteiger partial charge on any atom is 0.253 e. The lowest BCUT2D eigenvalue weighted by Crippen LogP contribution is -2.18. The van der Waals surface area contributed by atoms with Crippen LogP contribution in [0.2, 0.25) is 0 Å². The number of H-pyrrole nitrogens is 2. The number of aromatic nitrogens is 5. The minimum Gasteiger partial charge on any atom is -0.365 e. The van der Waals surface area contributed by atoms with E-state index < -0.39 is 0 Å². The largest absolute Gasteiger partial charge is 0.365 e. The number of anilines is 1. The quantitative estimate of drug-likeness (QED) is 0.665. The molecule has 0 aliphatic carbocycles. The summed E-state index contributed by atoms with van der Waals surface area (Å²) in [6.45, 7) is 4.19. The van der Waals surface area contributed by atoms with Crippen LogP contribution in [0.1, 0.15) is 16.8 Å². The minimum absolute atomic E-state index is 0.0764. The lowest BCUT2D eigenvalue weighted by atomic mass is 10.1. The molecule has 0 fully saturated rings. The molecule has 3 N–H and O–H groups in total. The molecule has 7 heteroatoms. The number of hydrogen-bond donors (Lipinski definition) is 3. The molecule has 0 aliphatic heterocycles. The normalized spacial score (nSPS) is 10.9. The van der Waals surface area contributed by atoms with E-state index in [-0.39, 0.29) is 5.56 Å². The molecule has 3 heterocycles. The van der Waals surface area contributed by atoms with Gasteiger partial charge < -0.3 is 10.3 Å². The molecule has 0 atom stereocenters. The van der Waals surface area contributed by atoms with Gasteiger partial charge in [0.25, 0.3) is 5.56 Å². The van der Waals surface area contributed by atoms with E-state index in [9.17, 15) is 4.79 Å². The molecule has 102 valence electrons. The maximum atomic E-state index is 11.9. The van der Waals surface area contributed by atoms with E-state index >= 15 is 0 Å². The first-order valence-electron chi connectivity index (χ1n) is 6.22. The van der Waals surface area contributed by atoms with Gasteiger partial charge in [-0.15, -0.1) is 0 Å². The summed E-state index contributed by atoms with van der Waals surface area (Å²) in [5.41, 5.74) is 3.10. The Kier molecular flexibility index (Phi) is 2.94. The number of pyridine rings is 1. The zero-order valence-corrected chi connectivity index (χ0v) is 11.2. The highest BCUT2D eigenvalue weighted by Crippen LogP contribution is 2.16. The second-order valence-corrected chi connectivity index (χ2v) is 4.65. The monoisotopic (exact) mass is 270 g/mol. The number of rotatable bonds is 3. The van der Waals surface area contributed by atoms with E-state index in [0.717, 1.165) is 16.6 Å². The Morgan fingerprint density at radius 3 is 2.95 bits per heavy atom. The number of nitrogens with zero attached hydrogens (tertiary/aromatic N) is 3. The third kappa shape index (κ3) is 2.13. The van der Waals surface area contributed by atoms with Crippen LogP contribution in [0.3, 0.4) is 0 Å². The molecule has 3 aromatic heterocycles. The topological polar surface area (TPSA) is 99.3 Å². The summed E-state index contributed by atoms with van der Waals surface area (Å²) < 4.78 is 0. The van der Waals surface area contributed by atoms with E-state index in [1.807, 2.05) is 19.9 Å². The predicted octanol–water partition coefficient (Wildman–Crippen LogP) is 1.27. The van der Waals surface area contributed by atoms with Gasteiger partial charge in [-0.1, -0.05) is 0 Å². The number of nitrogens with one attached hydrogen (secondary N) is 3. The third-order valence-electron chi connectivity index (χ3n) is 3.17. The zero-order chi connectivity index (χ0) is 14.1. The average molecular weight is 270 g/mol. The Morgan fingerprint density at radius 2 is 2.15 bits per heavy atom. The summed E-state index contributed by atoms with van der Waals surface area (Å²) in [7, 11) is 0. The lowest BCUT2D eigenvalue weighted by Gasteiger charge is -2.08. The molecule has 0 unspecified atom stereocenters. The van der Waals surface area contributed by atoms with E-state index in [0.29, 0.717) is 23.6 Å². The Balaban J connectivity index is 1.91. The molecule has 3 rings (SSSR count). The van der Waals surface area contributed by atoms with Crippen LogP contribution in [0.5, 0.6) is 0 Å². The molecule has 20 heavy (non-hydrogen) atoms. The van der Waals surface area contributed by atoms with E-state index in [1.165, 1.54) is 6.33 Å².